The van der Waals surface area contributed by atoms with Crippen LogP contribution < -0.4 is 21.3 Å². The summed E-state index contributed by atoms with van der Waals surface area (Å²) in [6.07, 6.45) is 0.0755. The van der Waals surface area contributed by atoms with E-state index in [0.717, 1.165) is 0 Å². The van der Waals surface area contributed by atoms with E-state index >= 15 is 4.39 Å². The summed E-state index contributed by atoms with van der Waals surface area (Å²) in [5, 5.41) is 12.3. The lowest BCUT2D eigenvalue weighted by Crippen LogP contribution is -2.66. The van der Waals surface area contributed by atoms with Crippen LogP contribution in [-0.2, 0) is 27.5 Å². The van der Waals surface area contributed by atoms with Crippen LogP contribution in [-0.4, -0.2) is 44.4 Å². The lowest BCUT2D eigenvalue weighted by Gasteiger charge is -2.41. The first-order valence-electron chi connectivity index (χ1n) is 14.7. The van der Waals surface area contributed by atoms with E-state index in [4.69, 9.17) is 0 Å². The van der Waals surface area contributed by atoms with Gasteiger partial charge < -0.3 is 16.0 Å². The molecule has 1 aliphatic heterocycles. The predicted molar refractivity (Wildman–Crippen MR) is 169 cm³/mol. The highest BCUT2D eigenvalue weighted by molar-refractivity contribution is 7.92. The zero-order valence-corrected chi connectivity index (χ0v) is 25.5. The van der Waals surface area contributed by atoms with Gasteiger partial charge in [0.2, 0.25) is 5.91 Å². The van der Waals surface area contributed by atoms with Crippen LogP contribution in [0.1, 0.15) is 24.5 Å². The number of rotatable bonds is 11. The molecule has 0 spiro atoms. The summed E-state index contributed by atoms with van der Waals surface area (Å²) >= 11 is 0. The lowest BCUT2D eigenvalue weighted by atomic mass is 9.99. The molecule has 0 bridgehead atoms. The van der Waals surface area contributed by atoms with E-state index in [-0.39, 0.29) is 53.7 Å². The summed E-state index contributed by atoms with van der Waals surface area (Å²) in [6.45, 7) is 2.57. The third kappa shape index (κ3) is 7.55. The maximum Gasteiger partial charge on any atom is 0.247 e. The van der Waals surface area contributed by atoms with E-state index in [1.54, 1.807) is 42.5 Å². The minimum absolute atomic E-state index is 0.0146. The summed E-state index contributed by atoms with van der Waals surface area (Å²) in [7, 11) is -3.92. The Hall–Kier alpha value is -4.19. The normalized spacial score (nSPS) is 19.1. The molecule has 4 aromatic rings. The second-order valence-corrected chi connectivity index (χ2v) is 13.5. The number of piperazine rings is 1. The lowest BCUT2D eigenvalue weighted by molar-refractivity contribution is -0.116. The van der Waals surface area contributed by atoms with Gasteiger partial charge in [0, 0.05) is 42.5 Å². The largest absolute Gasteiger partial charge is 0.373 e. The third-order valence-corrected chi connectivity index (χ3v) is 10.3. The van der Waals surface area contributed by atoms with E-state index in [2.05, 4.69) is 21.3 Å². The number of sulfone groups is 1. The number of hydrogen-bond acceptors (Lipinski definition) is 6. The molecule has 45 heavy (non-hydrogen) atoms. The first-order chi connectivity index (χ1) is 21.6. The Labute approximate surface area is 261 Å². The van der Waals surface area contributed by atoms with Crippen molar-refractivity contribution < 1.29 is 26.4 Å². The third-order valence-electron chi connectivity index (χ3n) is 7.90. The standard InChI is InChI=1S/C34H35F3N4O3S/c1-23-21-38-22-34(41-23,45(43,44)28-12-3-2-4-13-28)17-16-29-30(37)14-7-15-31(29)40-32(19-24-8-5-9-25(35)18-24)33(42)39-27-11-6-10-26(36)20-27/h2-15,18,20,23,32,38,40-41H,16-17,19,21-22H2,1H3,(H,39,42)/t23-,32+,34+/m1/s1. The summed E-state index contributed by atoms with van der Waals surface area (Å²) in [4.78, 5) is 12.2. The molecule has 1 aliphatic rings. The van der Waals surface area contributed by atoms with Gasteiger partial charge in [-0.3, -0.25) is 10.1 Å². The molecule has 0 unspecified atom stereocenters. The average molecular weight is 637 g/mol. The van der Waals surface area contributed by atoms with Gasteiger partial charge >= 0.3 is 0 Å². The fourth-order valence-electron chi connectivity index (χ4n) is 5.70. The number of halogens is 3. The van der Waals surface area contributed by atoms with Crippen molar-refractivity contribution in [1.29, 1.82) is 0 Å². The average Bonchev–Trinajstić information content (AvgIpc) is 3.01. The number of carbonyl (C=O) groups excluding carboxylic acids is 1. The van der Waals surface area contributed by atoms with Crippen LogP contribution in [0.4, 0.5) is 24.5 Å². The number of hydrogen-bond donors (Lipinski definition) is 4. The van der Waals surface area contributed by atoms with Gasteiger partial charge in [0.05, 0.1) is 4.90 Å². The predicted octanol–water partition coefficient (Wildman–Crippen LogP) is 5.45. The fraction of sp³-hybridized carbons (Fsp3) is 0.265. The molecule has 0 saturated carbocycles. The first-order valence-corrected chi connectivity index (χ1v) is 16.2. The van der Waals surface area contributed by atoms with Crippen molar-refractivity contribution in [3.8, 4) is 0 Å². The monoisotopic (exact) mass is 636 g/mol. The molecule has 1 saturated heterocycles. The minimum atomic E-state index is -3.92. The Bertz CT molecular complexity index is 1760. The van der Waals surface area contributed by atoms with Gasteiger partial charge in [-0.25, -0.2) is 21.6 Å². The van der Waals surface area contributed by atoms with Gasteiger partial charge in [-0.05, 0) is 79.9 Å². The van der Waals surface area contributed by atoms with Crippen LogP contribution in [0.5, 0.6) is 0 Å². The van der Waals surface area contributed by atoms with Gasteiger partial charge in [-0.15, -0.1) is 0 Å². The van der Waals surface area contributed by atoms with Crippen molar-refractivity contribution in [3.63, 3.8) is 0 Å². The van der Waals surface area contributed by atoms with Crippen molar-refractivity contribution in [2.75, 3.05) is 23.7 Å². The number of benzene rings is 4. The highest BCUT2D eigenvalue weighted by atomic mass is 32.2. The maximum atomic E-state index is 15.5. The molecule has 236 valence electrons. The van der Waals surface area contributed by atoms with Crippen molar-refractivity contribution in [2.45, 2.75) is 48.0 Å². The topological polar surface area (TPSA) is 99.3 Å². The van der Waals surface area contributed by atoms with Crippen molar-refractivity contribution in [2.24, 2.45) is 0 Å². The summed E-state index contributed by atoms with van der Waals surface area (Å²) in [5.41, 5.74) is 1.22. The molecule has 1 heterocycles. The van der Waals surface area contributed by atoms with Gasteiger partial charge in [-0.1, -0.05) is 42.5 Å². The van der Waals surface area contributed by atoms with E-state index in [1.807, 2.05) is 6.92 Å². The quantitative estimate of drug-likeness (QED) is 0.175. The molecule has 7 nitrogen and oxygen atoms in total. The van der Waals surface area contributed by atoms with Gasteiger partial charge in [0.25, 0.3) is 0 Å². The van der Waals surface area contributed by atoms with Crippen LogP contribution >= 0.6 is 0 Å². The maximum absolute atomic E-state index is 15.5. The second kappa shape index (κ2) is 13.8. The van der Waals surface area contributed by atoms with E-state index in [1.165, 1.54) is 54.6 Å². The van der Waals surface area contributed by atoms with Gasteiger partial charge in [-0.2, -0.15) is 0 Å². The first kappa shape index (κ1) is 32.2. The minimum Gasteiger partial charge on any atom is -0.373 e. The van der Waals surface area contributed by atoms with Gasteiger partial charge in [0.1, 0.15) is 28.4 Å². The molecular formula is C34H35F3N4O3S. The van der Waals surface area contributed by atoms with E-state index in [0.29, 0.717) is 12.1 Å². The number of nitrogens with one attached hydrogen (secondary N) is 4. The highest BCUT2D eigenvalue weighted by Crippen LogP contribution is 2.32. The van der Waals surface area contributed by atoms with Crippen LogP contribution in [0, 0.1) is 17.5 Å². The number of carbonyl (C=O) groups is 1. The van der Waals surface area contributed by atoms with Crippen LogP contribution in [0.2, 0.25) is 0 Å². The van der Waals surface area contributed by atoms with Crippen LogP contribution in [0.3, 0.4) is 0 Å². The summed E-state index contributed by atoms with van der Waals surface area (Å²) in [6, 6.07) is 22.5. The fourth-order valence-corrected chi connectivity index (χ4v) is 7.69. The van der Waals surface area contributed by atoms with Gasteiger partial charge in [0.15, 0.2) is 9.84 Å². The Morgan fingerprint density at radius 3 is 2.36 bits per heavy atom. The second-order valence-electron chi connectivity index (χ2n) is 11.3. The smallest absolute Gasteiger partial charge is 0.247 e. The zero-order chi connectivity index (χ0) is 32.0. The molecule has 1 fully saturated rings. The Morgan fingerprint density at radius 2 is 1.64 bits per heavy atom. The SMILES string of the molecule is C[C@@H]1CNC[C@](CCc2c(F)cccc2N[C@@H](Cc2cccc(F)c2)C(=O)Nc2cccc(F)c2)(S(=O)(=O)c2ccccc2)N1. The van der Waals surface area contributed by atoms with Crippen molar-refractivity contribution in [1.82, 2.24) is 10.6 Å². The molecule has 0 aliphatic carbocycles. The molecule has 4 N–H and O–H groups in total. The molecule has 5 rings (SSSR count). The summed E-state index contributed by atoms with van der Waals surface area (Å²) < 4.78 is 71.4. The Balaban J connectivity index is 1.46. The van der Waals surface area contributed by atoms with Crippen LogP contribution in [0.15, 0.2) is 102 Å². The molecule has 0 radical (unpaired) electrons. The Morgan fingerprint density at radius 1 is 0.933 bits per heavy atom. The Kier molecular flexibility index (Phi) is 9.91. The zero-order valence-electron chi connectivity index (χ0n) is 24.7. The molecule has 0 aromatic heterocycles. The molecule has 3 atom stereocenters. The number of anilines is 2. The summed E-state index contributed by atoms with van der Waals surface area (Å²) in [5.74, 6) is -2.13. The van der Waals surface area contributed by atoms with Crippen molar-refractivity contribution >= 4 is 27.1 Å². The highest BCUT2D eigenvalue weighted by Gasteiger charge is 2.47. The van der Waals surface area contributed by atoms with E-state index in [9.17, 15) is 22.0 Å². The van der Waals surface area contributed by atoms with E-state index < -0.39 is 44.1 Å². The van der Waals surface area contributed by atoms with Crippen molar-refractivity contribution in [3.05, 3.63) is 126 Å². The molecule has 1 amide bonds. The molecule has 11 heteroatoms. The number of amides is 1. The van der Waals surface area contributed by atoms with Crippen LogP contribution in [0.25, 0.3) is 0 Å². The molecular weight excluding hydrogens is 601 g/mol. The molecule has 4 aromatic carbocycles.